The van der Waals surface area contributed by atoms with Crippen LogP contribution in [0.5, 0.6) is 0 Å². The molecule has 1 saturated heterocycles. The third-order valence-electron chi connectivity index (χ3n) is 2.61. The maximum atomic E-state index is 6.25. The van der Waals surface area contributed by atoms with E-state index < -0.39 is 0 Å². The van der Waals surface area contributed by atoms with E-state index in [0.29, 0.717) is 0 Å². The lowest BCUT2D eigenvalue weighted by Gasteiger charge is -2.39. The Hall–Kier alpha value is -0.120. The van der Waals surface area contributed by atoms with Crippen LogP contribution in [-0.2, 0) is 0 Å². The number of nitrogens with zero attached hydrogens (tertiary/aromatic N) is 2. The SMILES string of the molecule is CN(C)CC1(N)CCN(C)CC1. The van der Waals surface area contributed by atoms with Crippen molar-refractivity contribution < 1.29 is 0 Å². The summed E-state index contributed by atoms with van der Waals surface area (Å²) in [7, 11) is 6.34. The first-order chi connectivity index (χ1) is 5.52. The monoisotopic (exact) mass is 171 g/mol. The molecule has 0 aromatic heterocycles. The molecule has 0 atom stereocenters. The summed E-state index contributed by atoms with van der Waals surface area (Å²) in [5, 5.41) is 0. The fraction of sp³-hybridized carbons (Fsp3) is 1.00. The predicted octanol–water partition coefficient (Wildman–Crippen LogP) is -0.0289. The molecule has 3 heteroatoms. The van der Waals surface area contributed by atoms with Gasteiger partial charge >= 0.3 is 0 Å². The van der Waals surface area contributed by atoms with Crippen LogP contribution in [0.4, 0.5) is 0 Å². The van der Waals surface area contributed by atoms with Gasteiger partial charge in [-0.3, -0.25) is 0 Å². The summed E-state index contributed by atoms with van der Waals surface area (Å²) in [6.07, 6.45) is 2.25. The van der Waals surface area contributed by atoms with Gasteiger partial charge in [0.25, 0.3) is 0 Å². The summed E-state index contributed by atoms with van der Waals surface area (Å²) in [6.45, 7) is 3.30. The quantitative estimate of drug-likeness (QED) is 0.633. The van der Waals surface area contributed by atoms with E-state index in [2.05, 4.69) is 30.9 Å². The van der Waals surface area contributed by atoms with E-state index >= 15 is 0 Å². The molecule has 1 heterocycles. The molecule has 0 amide bonds. The van der Waals surface area contributed by atoms with E-state index in [1.54, 1.807) is 0 Å². The van der Waals surface area contributed by atoms with Crippen molar-refractivity contribution in [3.8, 4) is 0 Å². The minimum Gasteiger partial charge on any atom is -0.324 e. The van der Waals surface area contributed by atoms with Gasteiger partial charge in [-0.2, -0.15) is 0 Å². The summed E-state index contributed by atoms with van der Waals surface area (Å²) in [5.74, 6) is 0. The number of piperidine rings is 1. The van der Waals surface area contributed by atoms with Crippen LogP contribution in [-0.4, -0.2) is 56.1 Å². The van der Waals surface area contributed by atoms with Crippen LogP contribution >= 0.6 is 0 Å². The number of hydrogen-bond donors (Lipinski definition) is 1. The molecule has 0 aromatic carbocycles. The van der Waals surface area contributed by atoms with E-state index in [9.17, 15) is 0 Å². The molecule has 1 aliphatic rings. The van der Waals surface area contributed by atoms with Crippen molar-refractivity contribution in [3.63, 3.8) is 0 Å². The van der Waals surface area contributed by atoms with Crippen LogP contribution in [0.15, 0.2) is 0 Å². The molecular formula is C9H21N3. The molecule has 0 bridgehead atoms. The van der Waals surface area contributed by atoms with Crippen molar-refractivity contribution in [2.45, 2.75) is 18.4 Å². The standard InChI is InChI=1S/C9H21N3/c1-11(2)8-9(10)4-6-12(3)7-5-9/h4-8,10H2,1-3H3. The molecule has 0 aromatic rings. The smallest absolute Gasteiger partial charge is 0.0307 e. The molecule has 0 aliphatic carbocycles. The number of nitrogens with two attached hydrogens (primary N) is 1. The van der Waals surface area contributed by atoms with Crippen molar-refractivity contribution in [1.82, 2.24) is 9.80 Å². The third-order valence-corrected chi connectivity index (χ3v) is 2.61. The molecule has 3 nitrogen and oxygen atoms in total. The first-order valence-electron chi connectivity index (χ1n) is 4.64. The zero-order valence-corrected chi connectivity index (χ0v) is 8.51. The summed E-state index contributed by atoms with van der Waals surface area (Å²) in [5.41, 5.74) is 6.32. The van der Waals surface area contributed by atoms with Crippen molar-refractivity contribution in [1.29, 1.82) is 0 Å². The Balaban J connectivity index is 2.39. The van der Waals surface area contributed by atoms with Gasteiger partial charge in [-0.05, 0) is 47.1 Å². The van der Waals surface area contributed by atoms with Gasteiger partial charge in [-0.25, -0.2) is 0 Å². The molecule has 0 spiro atoms. The minimum atomic E-state index is 0.0655. The summed E-state index contributed by atoms with van der Waals surface area (Å²) in [4.78, 5) is 4.53. The molecule has 0 radical (unpaired) electrons. The Morgan fingerprint density at radius 3 is 2.25 bits per heavy atom. The number of hydrogen-bond acceptors (Lipinski definition) is 3. The Labute approximate surface area is 75.5 Å². The van der Waals surface area contributed by atoms with Gasteiger partial charge in [-0.15, -0.1) is 0 Å². The minimum absolute atomic E-state index is 0.0655. The second-order valence-electron chi connectivity index (χ2n) is 4.40. The van der Waals surface area contributed by atoms with E-state index in [1.807, 2.05) is 0 Å². The highest BCUT2D eigenvalue weighted by atomic mass is 15.1. The summed E-state index contributed by atoms with van der Waals surface area (Å²) < 4.78 is 0. The highest BCUT2D eigenvalue weighted by Gasteiger charge is 2.29. The first-order valence-corrected chi connectivity index (χ1v) is 4.64. The van der Waals surface area contributed by atoms with Gasteiger partial charge in [-0.1, -0.05) is 0 Å². The predicted molar refractivity (Wildman–Crippen MR) is 52.2 cm³/mol. The van der Waals surface area contributed by atoms with Crippen LogP contribution in [0.3, 0.4) is 0 Å². The highest BCUT2D eigenvalue weighted by molar-refractivity contribution is 4.91. The Morgan fingerprint density at radius 1 is 1.33 bits per heavy atom. The Kier molecular flexibility index (Phi) is 3.09. The molecule has 2 N–H and O–H groups in total. The van der Waals surface area contributed by atoms with Gasteiger partial charge < -0.3 is 15.5 Å². The fourth-order valence-corrected chi connectivity index (χ4v) is 1.85. The van der Waals surface area contributed by atoms with Gasteiger partial charge in [0, 0.05) is 12.1 Å². The topological polar surface area (TPSA) is 32.5 Å². The molecule has 1 aliphatic heterocycles. The first kappa shape index (κ1) is 9.96. The fourth-order valence-electron chi connectivity index (χ4n) is 1.85. The number of likely N-dealkylation sites (tertiary alicyclic amines) is 1. The zero-order chi connectivity index (χ0) is 9.19. The number of likely N-dealkylation sites (N-methyl/N-ethyl adjacent to an activating group) is 1. The number of rotatable bonds is 2. The summed E-state index contributed by atoms with van der Waals surface area (Å²) in [6, 6.07) is 0. The molecular weight excluding hydrogens is 150 g/mol. The average molecular weight is 171 g/mol. The maximum absolute atomic E-state index is 6.25. The van der Waals surface area contributed by atoms with Crippen LogP contribution in [0.1, 0.15) is 12.8 Å². The lowest BCUT2D eigenvalue weighted by atomic mass is 9.88. The van der Waals surface area contributed by atoms with Crippen LogP contribution in [0.2, 0.25) is 0 Å². The van der Waals surface area contributed by atoms with Gasteiger partial charge in [0.2, 0.25) is 0 Å². The van der Waals surface area contributed by atoms with Gasteiger partial charge in [0.1, 0.15) is 0 Å². The Bertz CT molecular complexity index is 137. The van der Waals surface area contributed by atoms with E-state index in [1.165, 1.54) is 0 Å². The van der Waals surface area contributed by atoms with Crippen molar-refractivity contribution in [3.05, 3.63) is 0 Å². The van der Waals surface area contributed by atoms with Gasteiger partial charge in [0.15, 0.2) is 0 Å². The van der Waals surface area contributed by atoms with Gasteiger partial charge in [0.05, 0.1) is 0 Å². The Morgan fingerprint density at radius 2 is 1.83 bits per heavy atom. The summed E-state index contributed by atoms with van der Waals surface area (Å²) >= 11 is 0. The third kappa shape index (κ3) is 2.73. The molecule has 1 fully saturated rings. The average Bonchev–Trinajstić information content (AvgIpc) is 1.94. The zero-order valence-electron chi connectivity index (χ0n) is 8.51. The van der Waals surface area contributed by atoms with Crippen LogP contribution in [0, 0.1) is 0 Å². The van der Waals surface area contributed by atoms with Crippen molar-refractivity contribution in [2.75, 3.05) is 40.8 Å². The highest BCUT2D eigenvalue weighted by Crippen LogP contribution is 2.18. The molecule has 0 unspecified atom stereocenters. The molecule has 0 saturated carbocycles. The molecule has 12 heavy (non-hydrogen) atoms. The second kappa shape index (κ2) is 3.73. The maximum Gasteiger partial charge on any atom is 0.0307 e. The van der Waals surface area contributed by atoms with Crippen LogP contribution in [0.25, 0.3) is 0 Å². The van der Waals surface area contributed by atoms with Crippen molar-refractivity contribution in [2.24, 2.45) is 5.73 Å². The molecule has 1 rings (SSSR count). The molecule has 72 valence electrons. The van der Waals surface area contributed by atoms with E-state index in [4.69, 9.17) is 5.73 Å². The largest absolute Gasteiger partial charge is 0.324 e. The van der Waals surface area contributed by atoms with E-state index in [0.717, 1.165) is 32.5 Å². The lowest BCUT2D eigenvalue weighted by Crippen LogP contribution is -2.54. The van der Waals surface area contributed by atoms with E-state index in [-0.39, 0.29) is 5.54 Å². The van der Waals surface area contributed by atoms with Crippen LogP contribution < -0.4 is 5.73 Å². The lowest BCUT2D eigenvalue weighted by molar-refractivity contribution is 0.158. The normalized spacial score (nSPS) is 24.8. The van der Waals surface area contributed by atoms with Crippen molar-refractivity contribution >= 4 is 0 Å². The second-order valence-corrected chi connectivity index (χ2v) is 4.40.